The summed E-state index contributed by atoms with van der Waals surface area (Å²) in [6.45, 7) is 8.34. The number of hydrogen-bond donors (Lipinski definition) is 2. The lowest BCUT2D eigenvalue weighted by Crippen LogP contribution is -2.45. The average Bonchev–Trinajstić information content (AvgIpc) is 3.08. The van der Waals surface area contributed by atoms with E-state index in [1.165, 1.54) is 0 Å². The maximum atomic E-state index is 12.1. The maximum Gasteiger partial charge on any atom is 0.304 e. The second-order valence-electron chi connectivity index (χ2n) is 11.2. The van der Waals surface area contributed by atoms with E-state index in [0.717, 1.165) is 70.2 Å². The number of rotatable bonds is 5. The highest BCUT2D eigenvalue weighted by molar-refractivity contribution is 7.85. The van der Waals surface area contributed by atoms with E-state index in [1.807, 2.05) is 26.0 Å². The van der Waals surface area contributed by atoms with Gasteiger partial charge in [0.2, 0.25) is 5.69 Å². The molecule has 3 unspecified atom stereocenters. The van der Waals surface area contributed by atoms with Gasteiger partial charge >= 0.3 is 5.97 Å². The molecule has 8 nitrogen and oxygen atoms in total. The minimum Gasteiger partial charge on any atom is -0.485 e. The Balaban J connectivity index is 1.51. The minimum absolute atomic E-state index is 0.0295. The molecule has 0 aliphatic carbocycles. The molecule has 0 saturated heterocycles. The van der Waals surface area contributed by atoms with Crippen molar-refractivity contribution in [1.82, 2.24) is 0 Å². The van der Waals surface area contributed by atoms with Gasteiger partial charge in [0.1, 0.15) is 11.9 Å². The lowest BCUT2D eigenvalue weighted by Gasteiger charge is -2.37. The van der Waals surface area contributed by atoms with Crippen LogP contribution in [-0.4, -0.2) is 65.8 Å². The Bertz CT molecular complexity index is 1540. The van der Waals surface area contributed by atoms with E-state index < -0.39 is 21.5 Å². The third-order valence-electron chi connectivity index (χ3n) is 8.63. The van der Waals surface area contributed by atoms with Gasteiger partial charge in [-0.25, -0.2) is 0 Å². The average molecular weight is 538 g/mol. The number of carboxylic acids is 1. The Morgan fingerprint density at radius 3 is 2.74 bits per heavy atom. The zero-order valence-corrected chi connectivity index (χ0v) is 22.7. The molecule has 4 heterocycles. The van der Waals surface area contributed by atoms with Crippen LogP contribution >= 0.6 is 0 Å². The van der Waals surface area contributed by atoms with Crippen molar-refractivity contribution in [2.45, 2.75) is 57.5 Å². The van der Waals surface area contributed by atoms with Crippen LogP contribution in [0, 0.1) is 6.92 Å². The standard InChI is InChI=1S/C29H32N2O6S/c1-4-30-9-7-18(16-38(34,35)36)20-12-19-13-21-25(37-26(19)14-24(20)30)8-10-31-23-6-5-17(2)11-22(23)29(3,28(21)31)15-27(32)33/h5-6,11-14,18,25H,4,7-10,15-16H2,1-3H3,(H-,32,33,34,35,36)/p+1. The molecule has 0 amide bonds. The first-order valence-electron chi connectivity index (χ1n) is 13.2. The van der Waals surface area contributed by atoms with Gasteiger partial charge in [0.05, 0.1) is 23.2 Å². The number of benzene rings is 2. The van der Waals surface area contributed by atoms with Crippen LogP contribution in [0.1, 0.15) is 61.3 Å². The van der Waals surface area contributed by atoms with Gasteiger partial charge in [-0.05, 0) is 51.0 Å². The Hall–Kier alpha value is -3.17. The van der Waals surface area contributed by atoms with E-state index in [0.29, 0.717) is 13.0 Å². The monoisotopic (exact) mass is 537 g/mol. The van der Waals surface area contributed by atoms with Crippen LogP contribution in [0.25, 0.3) is 6.08 Å². The summed E-state index contributed by atoms with van der Waals surface area (Å²) in [5, 5.41) is 9.92. The molecule has 3 atom stereocenters. The van der Waals surface area contributed by atoms with Crippen molar-refractivity contribution in [1.29, 1.82) is 0 Å². The van der Waals surface area contributed by atoms with E-state index in [4.69, 9.17) is 4.74 Å². The van der Waals surface area contributed by atoms with Crippen molar-refractivity contribution in [3.8, 4) is 5.75 Å². The van der Waals surface area contributed by atoms with Gasteiger partial charge in [-0.15, -0.1) is 0 Å². The van der Waals surface area contributed by atoms with E-state index in [-0.39, 0.29) is 24.2 Å². The number of fused-ring (bicyclic) bond motifs is 6. The molecule has 4 aliphatic rings. The predicted molar refractivity (Wildman–Crippen MR) is 146 cm³/mol. The summed E-state index contributed by atoms with van der Waals surface area (Å²) >= 11 is 0. The fourth-order valence-corrected chi connectivity index (χ4v) is 7.84. The summed E-state index contributed by atoms with van der Waals surface area (Å²) in [6, 6.07) is 10.3. The highest BCUT2D eigenvalue weighted by atomic mass is 32.2. The number of nitrogens with zero attached hydrogens (tertiary/aromatic N) is 2. The van der Waals surface area contributed by atoms with Crippen LogP contribution in [-0.2, 0) is 20.3 Å². The normalized spacial score (nSPS) is 25.5. The molecule has 0 spiro atoms. The van der Waals surface area contributed by atoms with Crippen LogP contribution in [0.4, 0.5) is 11.4 Å². The minimum atomic E-state index is -4.14. The topological polar surface area (TPSA) is 107 Å². The molecule has 2 N–H and O–H groups in total. The highest BCUT2D eigenvalue weighted by Crippen LogP contribution is 2.50. The highest BCUT2D eigenvalue weighted by Gasteiger charge is 2.55. The van der Waals surface area contributed by atoms with Crippen molar-refractivity contribution in [3.05, 3.63) is 58.2 Å². The summed E-state index contributed by atoms with van der Waals surface area (Å²) < 4.78 is 42.1. The van der Waals surface area contributed by atoms with Crippen LogP contribution < -0.4 is 9.64 Å². The second-order valence-corrected chi connectivity index (χ2v) is 12.7. The zero-order chi connectivity index (χ0) is 27.0. The van der Waals surface area contributed by atoms with E-state index in [1.54, 1.807) is 0 Å². The largest absolute Gasteiger partial charge is 0.485 e. The summed E-state index contributed by atoms with van der Waals surface area (Å²) in [6.07, 6.45) is 3.29. The first-order valence-corrected chi connectivity index (χ1v) is 14.8. The molecule has 200 valence electrons. The number of hydrogen-bond acceptors (Lipinski definition) is 5. The lowest BCUT2D eigenvalue weighted by atomic mass is 9.72. The molecule has 0 radical (unpaired) electrons. The number of anilines is 1. The predicted octanol–water partition coefficient (Wildman–Crippen LogP) is 4.28. The van der Waals surface area contributed by atoms with Crippen LogP contribution in [0.3, 0.4) is 0 Å². The van der Waals surface area contributed by atoms with Gasteiger partial charge in [0.15, 0.2) is 12.3 Å². The van der Waals surface area contributed by atoms with E-state index in [9.17, 15) is 22.9 Å². The Kier molecular flexibility index (Phi) is 5.74. The molecule has 38 heavy (non-hydrogen) atoms. The zero-order valence-electron chi connectivity index (χ0n) is 21.9. The number of carbonyl (C=O) groups is 1. The summed E-state index contributed by atoms with van der Waals surface area (Å²) in [4.78, 5) is 14.3. The summed E-state index contributed by atoms with van der Waals surface area (Å²) in [5.74, 6) is -0.720. The Labute approximate surface area is 223 Å². The molecule has 2 aromatic rings. The quantitative estimate of drug-likeness (QED) is 0.433. The maximum absolute atomic E-state index is 12.1. The number of carboxylic acid groups (broad SMARTS) is 1. The van der Waals surface area contributed by atoms with Gasteiger partial charge in [-0.1, -0.05) is 11.6 Å². The third kappa shape index (κ3) is 3.94. The number of aryl methyl sites for hydroxylation is 1. The van der Waals surface area contributed by atoms with Gasteiger partial charge in [0.25, 0.3) is 10.1 Å². The van der Waals surface area contributed by atoms with Crippen LogP contribution in [0.15, 0.2) is 35.9 Å². The van der Waals surface area contributed by atoms with Gasteiger partial charge in [-0.2, -0.15) is 13.0 Å². The van der Waals surface area contributed by atoms with Crippen molar-refractivity contribution in [2.24, 2.45) is 0 Å². The first kappa shape index (κ1) is 25.1. The van der Waals surface area contributed by atoms with E-state index in [2.05, 4.69) is 40.7 Å². The third-order valence-corrected chi connectivity index (χ3v) is 9.45. The fraction of sp³-hybridized carbons (Fsp3) is 0.448. The fourth-order valence-electron chi connectivity index (χ4n) is 6.98. The Morgan fingerprint density at radius 1 is 1.24 bits per heavy atom. The van der Waals surface area contributed by atoms with Gasteiger partial charge < -0.3 is 14.7 Å². The van der Waals surface area contributed by atoms with Crippen molar-refractivity contribution in [2.75, 3.05) is 30.3 Å². The second kappa shape index (κ2) is 8.68. The molecule has 2 aromatic carbocycles. The molecular formula is C29H33N2O6S+. The number of ether oxygens (including phenoxy) is 1. The lowest BCUT2D eigenvalue weighted by molar-refractivity contribution is -0.444. The van der Waals surface area contributed by atoms with E-state index >= 15 is 0 Å². The molecule has 0 fully saturated rings. The first-order chi connectivity index (χ1) is 18.0. The molecule has 0 bridgehead atoms. The summed E-state index contributed by atoms with van der Waals surface area (Å²) in [5.41, 5.74) is 7.12. The molecule has 0 saturated carbocycles. The van der Waals surface area contributed by atoms with Gasteiger partial charge in [0, 0.05) is 54.4 Å². The number of aliphatic carboxylic acids is 1. The molecule has 6 rings (SSSR count). The van der Waals surface area contributed by atoms with Crippen molar-refractivity contribution in [3.63, 3.8) is 0 Å². The van der Waals surface area contributed by atoms with Crippen LogP contribution in [0.2, 0.25) is 0 Å². The van der Waals surface area contributed by atoms with Crippen molar-refractivity contribution < 1.29 is 32.2 Å². The molecule has 0 aromatic heterocycles. The van der Waals surface area contributed by atoms with Crippen LogP contribution in [0.5, 0.6) is 5.75 Å². The smallest absolute Gasteiger partial charge is 0.304 e. The van der Waals surface area contributed by atoms with Crippen molar-refractivity contribution >= 4 is 39.2 Å². The molecular weight excluding hydrogens is 504 g/mol. The molecule has 4 aliphatic heterocycles. The Morgan fingerprint density at radius 2 is 2.03 bits per heavy atom. The molecule has 9 heteroatoms. The SMILES string of the molecule is CCN1CCC(CS(=O)(=O)O)c2cc3c(cc21)OC1CC[N+]2=C(C1=C3)C(C)(CC(=O)O)c1cc(C)ccc12. The summed E-state index contributed by atoms with van der Waals surface area (Å²) in [7, 11) is -4.14. The van der Waals surface area contributed by atoms with Gasteiger partial charge in [-0.3, -0.25) is 9.35 Å².